The molecule has 4 N–H and O–H groups in total. The summed E-state index contributed by atoms with van der Waals surface area (Å²) in [6, 6.07) is 19.2. The van der Waals surface area contributed by atoms with Crippen molar-refractivity contribution in [3.63, 3.8) is 0 Å². The molecule has 1 aliphatic rings. The van der Waals surface area contributed by atoms with Crippen LogP contribution in [0.15, 0.2) is 85.3 Å². The molecule has 13 heteroatoms. The molecule has 2 bridgehead atoms. The number of carbonyl (C=O) groups excluding carboxylic acids is 4. The Labute approximate surface area is 272 Å². The lowest BCUT2D eigenvalue weighted by Gasteiger charge is -2.24. The van der Waals surface area contributed by atoms with Crippen LogP contribution in [0, 0.1) is 0 Å². The van der Waals surface area contributed by atoms with Gasteiger partial charge in [-0.1, -0.05) is 42.5 Å². The highest BCUT2D eigenvalue weighted by Crippen LogP contribution is 2.22. The van der Waals surface area contributed by atoms with Gasteiger partial charge in [0.1, 0.15) is 23.2 Å². The molecule has 13 nitrogen and oxygen atoms in total. The topological polar surface area (TPSA) is 160 Å². The minimum atomic E-state index is -0.893. The van der Waals surface area contributed by atoms with Crippen LogP contribution in [0.2, 0.25) is 0 Å². The van der Waals surface area contributed by atoms with Gasteiger partial charge in [-0.05, 0) is 36.2 Å². The van der Waals surface area contributed by atoms with Gasteiger partial charge in [0.15, 0.2) is 0 Å². The molecular formula is C34H38N8O5. The summed E-state index contributed by atoms with van der Waals surface area (Å²) in [4.78, 5) is 58.8. The summed E-state index contributed by atoms with van der Waals surface area (Å²) < 4.78 is 7.01. The fourth-order valence-electron chi connectivity index (χ4n) is 5.20. The lowest BCUT2D eigenvalue weighted by molar-refractivity contribution is -0.123. The first-order valence-electron chi connectivity index (χ1n) is 15.5. The number of pyridine rings is 1. The number of methoxy groups -OCH3 is 1. The van der Waals surface area contributed by atoms with Gasteiger partial charge in [-0.3, -0.25) is 24.2 Å². The third-order valence-electron chi connectivity index (χ3n) is 7.63. The molecule has 0 saturated carbocycles. The van der Waals surface area contributed by atoms with E-state index in [4.69, 9.17) is 4.74 Å². The van der Waals surface area contributed by atoms with Crippen LogP contribution < -0.4 is 26.0 Å². The number of carbonyl (C=O) groups is 4. The van der Waals surface area contributed by atoms with E-state index in [1.807, 2.05) is 48.5 Å². The third-order valence-corrected chi connectivity index (χ3v) is 7.63. The molecule has 0 aliphatic carbocycles. The van der Waals surface area contributed by atoms with Crippen LogP contribution in [0.3, 0.4) is 0 Å². The Morgan fingerprint density at radius 2 is 1.72 bits per heavy atom. The minimum Gasteiger partial charge on any atom is -0.494 e. The summed E-state index contributed by atoms with van der Waals surface area (Å²) >= 11 is 0. The Bertz CT molecular complexity index is 1690. The van der Waals surface area contributed by atoms with Gasteiger partial charge in [-0.25, -0.2) is 4.68 Å². The fourth-order valence-corrected chi connectivity index (χ4v) is 5.20. The molecule has 1 aliphatic heterocycles. The van der Waals surface area contributed by atoms with Crippen molar-refractivity contribution in [3.05, 3.63) is 102 Å². The van der Waals surface area contributed by atoms with Gasteiger partial charge in [-0.15, -0.1) is 0 Å². The maximum absolute atomic E-state index is 13.7. The maximum Gasteiger partial charge on any atom is 0.270 e. The summed E-state index contributed by atoms with van der Waals surface area (Å²) in [5.41, 5.74) is 2.70. The Balaban J connectivity index is 1.34. The maximum atomic E-state index is 13.7. The van der Waals surface area contributed by atoms with Gasteiger partial charge in [0, 0.05) is 63.6 Å². The molecule has 0 unspecified atom stereocenters. The molecule has 47 heavy (non-hydrogen) atoms. The van der Waals surface area contributed by atoms with Crippen molar-refractivity contribution >= 4 is 29.3 Å². The first kappa shape index (κ1) is 32.7. The molecule has 244 valence electrons. The van der Waals surface area contributed by atoms with Crippen molar-refractivity contribution in [2.75, 3.05) is 45.2 Å². The number of rotatable bonds is 5. The van der Waals surface area contributed by atoms with Crippen molar-refractivity contribution in [2.24, 2.45) is 0 Å². The monoisotopic (exact) mass is 638 g/mol. The number of fused-ring (bicyclic) bond motifs is 2. The second-order valence-electron chi connectivity index (χ2n) is 11.0. The number of benzene rings is 2. The molecule has 4 aromatic rings. The van der Waals surface area contributed by atoms with E-state index in [1.165, 1.54) is 12.4 Å². The highest BCUT2D eigenvalue weighted by atomic mass is 16.5. The molecule has 2 aromatic carbocycles. The second kappa shape index (κ2) is 16.0. The SMILES string of the molecule is COc1ccccc1-n1cc(C(=O)N2CCCC(=O)NCCNc3ccnc(c3)C(=O)N[C@@H](Cc3ccccc3)C(=O)NCC2)cn1. The van der Waals surface area contributed by atoms with E-state index in [1.54, 1.807) is 41.1 Å². The Kier molecular flexibility index (Phi) is 11.1. The van der Waals surface area contributed by atoms with E-state index in [2.05, 4.69) is 31.3 Å². The van der Waals surface area contributed by atoms with Gasteiger partial charge >= 0.3 is 0 Å². The zero-order chi connectivity index (χ0) is 33.0. The van der Waals surface area contributed by atoms with E-state index < -0.39 is 17.9 Å². The quantitative estimate of drug-likeness (QED) is 0.259. The molecule has 4 amide bonds. The zero-order valence-electron chi connectivity index (χ0n) is 26.1. The molecule has 5 rings (SSSR count). The number of hydrogen-bond acceptors (Lipinski definition) is 8. The molecular weight excluding hydrogens is 600 g/mol. The lowest BCUT2D eigenvalue weighted by Crippen LogP contribution is -2.50. The molecule has 3 heterocycles. The summed E-state index contributed by atoms with van der Waals surface area (Å²) in [6.45, 7) is 1.37. The van der Waals surface area contributed by atoms with Gasteiger partial charge in [0.05, 0.1) is 18.9 Å². The van der Waals surface area contributed by atoms with Crippen LogP contribution in [-0.4, -0.2) is 89.2 Å². The highest BCUT2D eigenvalue weighted by Gasteiger charge is 2.24. The molecule has 1 atom stereocenters. The van der Waals surface area contributed by atoms with Crippen LogP contribution in [0.5, 0.6) is 5.75 Å². The summed E-state index contributed by atoms with van der Waals surface area (Å²) in [7, 11) is 1.56. The molecule has 0 saturated heterocycles. The predicted octanol–water partition coefficient (Wildman–Crippen LogP) is 2.20. The average molecular weight is 639 g/mol. The van der Waals surface area contributed by atoms with E-state index in [9.17, 15) is 19.2 Å². The number of anilines is 1. The van der Waals surface area contributed by atoms with E-state index in [0.717, 1.165) is 5.56 Å². The predicted molar refractivity (Wildman–Crippen MR) is 175 cm³/mol. The summed E-state index contributed by atoms with van der Waals surface area (Å²) in [5, 5.41) is 16.1. The van der Waals surface area contributed by atoms with Gasteiger partial charge in [0.25, 0.3) is 11.8 Å². The molecule has 0 radical (unpaired) electrons. The van der Waals surface area contributed by atoms with Crippen molar-refractivity contribution < 1.29 is 23.9 Å². The number of hydrogen-bond donors (Lipinski definition) is 4. The summed E-state index contributed by atoms with van der Waals surface area (Å²) in [5.74, 6) is -0.737. The lowest BCUT2D eigenvalue weighted by atomic mass is 10.0. The van der Waals surface area contributed by atoms with Crippen LogP contribution in [0.25, 0.3) is 5.69 Å². The molecule has 0 spiro atoms. The van der Waals surface area contributed by atoms with Crippen molar-refractivity contribution in [3.8, 4) is 11.4 Å². The van der Waals surface area contributed by atoms with E-state index in [-0.39, 0.29) is 50.0 Å². The van der Waals surface area contributed by atoms with Crippen LogP contribution in [0.4, 0.5) is 5.69 Å². The number of nitrogens with zero attached hydrogens (tertiary/aromatic N) is 4. The second-order valence-corrected chi connectivity index (χ2v) is 11.0. The third kappa shape index (κ3) is 8.93. The van der Waals surface area contributed by atoms with Crippen molar-refractivity contribution in [2.45, 2.75) is 25.3 Å². The Morgan fingerprint density at radius 1 is 0.936 bits per heavy atom. The number of aromatic nitrogens is 3. The Hall–Kier alpha value is -5.72. The highest BCUT2D eigenvalue weighted by molar-refractivity contribution is 5.97. The number of nitrogens with one attached hydrogen (secondary N) is 4. The minimum absolute atomic E-state index is 0.121. The largest absolute Gasteiger partial charge is 0.494 e. The number of ether oxygens (including phenoxy) is 1. The fraction of sp³-hybridized carbons (Fsp3) is 0.294. The first-order chi connectivity index (χ1) is 22.9. The van der Waals surface area contributed by atoms with E-state index >= 15 is 0 Å². The number of amides is 4. The van der Waals surface area contributed by atoms with Crippen LogP contribution in [0.1, 0.15) is 39.3 Å². The van der Waals surface area contributed by atoms with Crippen LogP contribution in [-0.2, 0) is 16.0 Å². The van der Waals surface area contributed by atoms with Crippen molar-refractivity contribution in [1.29, 1.82) is 0 Å². The summed E-state index contributed by atoms with van der Waals surface area (Å²) in [6.07, 6.45) is 5.51. The average Bonchev–Trinajstić information content (AvgIpc) is 3.59. The van der Waals surface area contributed by atoms with Gasteiger partial charge in [-0.2, -0.15) is 5.10 Å². The van der Waals surface area contributed by atoms with Gasteiger partial charge in [0.2, 0.25) is 11.8 Å². The first-order valence-corrected chi connectivity index (χ1v) is 15.5. The molecule has 2 aromatic heterocycles. The van der Waals surface area contributed by atoms with Crippen molar-refractivity contribution in [1.82, 2.24) is 35.6 Å². The normalized spacial score (nSPS) is 16.7. The Morgan fingerprint density at radius 3 is 2.55 bits per heavy atom. The number of para-hydroxylation sites is 2. The van der Waals surface area contributed by atoms with Crippen LogP contribution >= 0.6 is 0 Å². The zero-order valence-corrected chi connectivity index (χ0v) is 26.1. The van der Waals surface area contributed by atoms with Gasteiger partial charge < -0.3 is 30.9 Å². The standard InChI is InChI=1S/C34H38N8O5/c1-47-30-11-6-5-10-29(30)42-23-25(22-39-42)34(46)41-18-7-12-31(43)37-16-15-35-26-13-14-36-27(21-26)33(45)40-28(32(44)38-17-19-41)20-24-8-3-2-4-9-24/h2-6,8-11,13-14,21-23,28,35H,7,12,15-20H2,1H3,(H,37,43)(H,38,44)(H,40,45)/t28-/m0/s1. The molecule has 0 fully saturated rings. The smallest absolute Gasteiger partial charge is 0.270 e. The van der Waals surface area contributed by atoms with E-state index in [0.29, 0.717) is 42.2 Å².